The smallest absolute Gasteiger partial charge is 0.335 e. The van der Waals surface area contributed by atoms with E-state index >= 15 is 0 Å². The zero-order chi connectivity index (χ0) is 20.0. The lowest BCUT2D eigenvalue weighted by Crippen LogP contribution is -2.16. The van der Waals surface area contributed by atoms with Crippen molar-refractivity contribution in [1.29, 1.82) is 0 Å². The van der Waals surface area contributed by atoms with Gasteiger partial charge in [-0.3, -0.25) is 14.4 Å². The third kappa shape index (κ3) is 5.64. The molecule has 0 radical (unpaired) electrons. The number of aromatic carboxylic acids is 1. The van der Waals surface area contributed by atoms with Gasteiger partial charge in [-0.1, -0.05) is 6.07 Å². The average molecular weight is 366 g/mol. The van der Waals surface area contributed by atoms with Gasteiger partial charge in [0.15, 0.2) is 5.78 Å². The molecule has 0 aliphatic rings. The van der Waals surface area contributed by atoms with Gasteiger partial charge in [0, 0.05) is 28.6 Å². The van der Waals surface area contributed by atoms with Crippen LogP contribution in [0.1, 0.15) is 34.6 Å². The highest BCUT2D eigenvalue weighted by Crippen LogP contribution is 2.13. The lowest BCUT2D eigenvalue weighted by atomic mass is 10.1. The summed E-state index contributed by atoms with van der Waals surface area (Å²) in [6.45, 7) is 2.92. The number of amides is 2. The minimum absolute atomic E-state index is 0.0428. The number of nitrogens with one attached hydrogen (secondary N) is 2. The predicted octanol–water partition coefficient (Wildman–Crippen LogP) is 3.11. The number of carboxylic acid groups (broad SMARTS) is 1. The lowest BCUT2D eigenvalue weighted by Gasteiger charge is -2.07. The highest BCUT2D eigenvalue weighted by molar-refractivity contribution is 6.10. The van der Waals surface area contributed by atoms with Gasteiger partial charge in [0.05, 0.1) is 5.56 Å². The van der Waals surface area contributed by atoms with Gasteiger partial charge in [0.2, 0.25) is 5.91 Å². The van der Waals surface area contributed by atoms with Crippen molar-refractivity contribution in [1.82, 2.24) is 0 Å². The molecule has 7 heteroatoms. The topological polar surface area (TPSA) is 113 Å². The Balaban J connectivity index is 2.01. The molecule has 0 atom stereocenters. The second-order valence-electron chi connectivity index (χ2n) is 5.79. The number of carboxylic acids is 1. The minimum atomic E-state index is -1.10. The Morgan fingerprint density at radius 2 is 1.52 bits per heavy atom. The van der Waals surface area contributed by atoms with Crippen molar-refractivity contribution in [3.63, 3.8) is 0 Å². The van der Waals surface area contributed by atoms with Crippen molar-refractivity contribution in [2.24, 2.45) is 0 Å². The SMILES string of the molecule is CC(=O)c1ccc(NC(=O)/C=C(/C)C(=O)Nc2cccc(C(=O)O)c2)cc1. The molecule has 0 heterocycles. The van der Waals surface area contributed by atoms with E-state index in [1.54, 1.807) is 30.3 Å². The molecule has 3 N–H and O–H groups in total. The van der Waals surface area contributed by atoms with Crippen LogP contribution in [0.4, 0.5) is 11.4 Å². The molecule has 0 aliphatic heterocycles. The van der Waals surface area contributed by atoms with Crippen LogP contribution in [0.15, 0.2) is 60.2 Å². The number of benzene rings is 2. The van der Waals surface area contributed by atoms with E-state index in [0.29, 0.717) is 16.9 Å². The standard InChI is InChI=1S/C20H18N2O5/c1-12(19(25)22-17-5-3-4-15(11-17)20(26)27)10-18(24)21-16-8-6-14(7-9-16)13(2)23/h3-11H,1-2H3,(H,21,24)(H,22,25)(H,26,27)/b12-10-. The molecule has 0 spiro atoms. The van der Waals surface area contributed by atoms with E-state index in [0.717, 1.165) is 6.08 Å². The van der Waals surface area contributed by atoms with Gasteiger partial charge >= 0.3 is 5.97 Å². The number of hydrogen-bond donors (Lipinski definition) is 3. The van der Waals surface area contributed by atoms with Crippen LogP contribution in [0.3, 0.4) is 0 Å². The van der Waals surface area contributed by atoms with E-state index in [2.05, 4.69) is 10.6 Å². The number of ketones is 1. The van der Waals surface area contributed by atoms with Gasteiger partial charge in [-0.15, -0.1) is 0 Å². The Hall–Kier alpha value is -3.74. The number of hydrogen-bond acceptors (Lipinski definition) is 4. The van der Waals surface area contributed by atoms with Gasteiger partial charge < -0.3 is 15.7 Å². The van der Waals surface area contributed by atoms with Gasteiger partial charge in [-0.2, -0.15) is 0 Å². The Kier molecular flexibility index (Phi) is 6.22. The van der Waals surface area contributed by atoms with Crippen LogP contribution in [0.5, 0.6) is 0 Å². The lowest BCUT2D eigenvalue weighted by molar-refractivity contribution is -0.114. The molecular formula is C20H18N2O5. The van der Waals surface area contributed by atoms with Crippen LogP contribution < -0.4 is 10.6 Å². The molecule has 0 fully saturated rings. The molecule has 138 valence electrons. The second kappa shape index (κ2) is 8.57. The van der Waals surface area contributed by atoms with Gasteiger partial charge in [-0.05, 0) is 56.3 Å². The number of anilines is 2. The monoisotopic (exact) mass is 366 g/mol. The Morgan fingerprint density at radius 3 is 2.11 bits per heavy atom. The summed E-state index contributed by atoms with van der Waals surface area (Å²) in [6, 6.07) is 12.2. The van der Waals surface area contributed by atoms with E-state index in [1.807, 2.05) is 0 Å². The molecule has 27 heavy (non-hydrogen) atoms. The fourth-order valence-corrected chi connectivity index (χ4v) is 2.19. The maximum Gasteiger partial charge on any atom is 0.335 e. The molecule has 2 amide bonds. The quantitative estimate of drug-likeness (QED) is 0.537. The van der Waals surface area contributed by atoms with Crippen molar-refractivity contribution in [2.75, 3.05) is 10.6 Å². The normalized spacial score (nSPS) is 10.8. The zero-order valence-corrected chi connectivity index (χ0v) is 14.8. The van der Waals surface area contributed by atoms with Crippen LogP contribution in [-0.4, -0.2) is 28.7 Å². The van der Waals surface area contributed by atoms with Crippen LogP contribution in [0, 0.1) is 0 Å². The van der Waals surface area contributed by atoms with E-state index in [9.17, 15) is 19.2 Å². The third-order valence-electron chi connectivity index (χ3n) is 3.63. The first-order valence-corrected chi connectivity index (χ1v) is 8.01. The molecule has 2 rings (SSSR count). The molecule has 7 nitrogen and oxygen atoms in total. The summed E-state index contributed by atoms with van der Waals surface area (Å²) in [5, 5.41) is 14.1. The fraction of sp³-hybridized carbons (Fsp3) is 0.100. The van der Waals surface area contributed by atoms with Gasteiger partial charge in [0.25, 0.3) is 5.91 Å². The molecule has 0 aromatic heterocycles. The largest absolute Gasteiger partial charge is 0.478 e. The summed E-state index contributed by atoms with van der Waals surface area (Å²) < 4.78 is 0. The fourth-order valence-electron chi connectivity index (χ4n) is 2.19. The minimum Gasteiger partial charge on any atom is -0.478 e. The molecule has 2 aromatic carbocycles. The zero-order valence-electron chi connectivity index (χ0n) is 14.8. The number of carbonyl (C=O) groups excluding carboxylic acids is 3. The predicted molar refractivity (Wildman–Crippen MR) is 101 cm³/mol. The Bertz CT molecular complexity index is 930. The molecule has 0 saturated carbocycles. The second-order valence-corrected chi connectivity index (χ2v) is 5.79. The van der Waals surface area contributed by atoms with Gasteiger partial charge in [-0.25, -0.2) is 4.79 Å². The summed E-state index contributed by atoms with van der Waals surface area (Å²) in [6.07, 6.45) is 1.13. The van der Waals surface area contributed by atoms with Crippen molar-refractivity contribution >= 4 is 34.9 Å². The molecule has 0 unspecified atom stereocenters. The van der Waals surface area contributed by atoms with E-state index in [1.165, 1.54) is 32.0 Å². The maximum atomic E-state index is 12.2. The summed E-state index contributed by atoms with van der Waals surface area (Å²) in [5.74, 6) is -2.21. The average Bonchev–Trinajstić information content (AvgIpc) is 2.62. The van der Waals surface area contributed by atoms with E-state index < -0.39 is 17.8 Å². The molecule has 0 aliphatic carbocycles. The third-order valence-corrected chi connectivity index (χ3v) is 3.63. The first-order valence-electron chi connectivity index (χ1n) is 8.01. The van der Waals surface area contributed by atoms with Crippen molar-refractivity contribution < 1.29 is 24.3 Å². The Labute approximate surface area is 155 Å². The summed E-state index contributed by atoms with van der Waals surface area (Å²) in [5.41, 5.74) is 1.52. The summed E-state index contributed by atoms with van der Waals surface area (Å²) >= 11 is 0. The van der Waals surface area contributed by atoms with Crippen molar-refractivity contribution in [3.8, 4) is 0 Å². The van der Waals surface area contributed by atoms with Crippen molar-refractivity contribution in [2.45, 2.75) is 13.8 Å². The molecule has 0 saturated heterocycles. The van der Waals surface area contributed by atoms with Crippen LogP contribution >= 0.6 is 0 Å². The summed E-state index contributed by atoms with van der Waals surface area (Å²) in [4.78, 5) is 46.4. The van der Waals surface area contributed by atoms with Crippen molar-refractivity contribution in [3.05, 3.63) is 71.3 Å². The highest BCUT2D eigenvalue weighted by Gasteiger charge is 2.10. The Morgan fingerprint density at radius 1 is 0.852 bits per heavy atom. The number of carbonyl (C=O) groups is 4. The maximum absolute atomic E-state index is 12.2. The number of Topliss-reactive ketones (excluding diaryl/α,β-unsaturated/α-hetero) is 1. The summed E-state index contributed by atoms with van der Waals surface area (Å²) in [7, 11) is 0. The molecule has 0 bridgehead atoms. The molecule has 2 aromatic rings. The van der Waals surface area contributed by atoms with E-state index in [4.69, 9.17) is 5.11 Å². The van der Waals surface area contributed by atoms with Crippen LogP contribution in [0.2, 0.25) is 0 Å². The van der Waals surface area contributed by atoms with Gasteiger partial charge in [0.1, 0.15) is 0 Å². The first kappa shape index (κ1) is 19.6. The van der Waals surface area contributed by atoms with Crippen LogP contribution in [0.25, 0.3) is 0 Å². The highest BCUT2D eigenvalue weighted by atomic mass is 16.4. The molecular weight excluding hydrogens is 348 g/mol. The van der Waals surface area contributed by atoms with Crippen LogP contribution in [-0.2, 0) is 9.59 Å². The van der Waals surface area contributed by atoms with E-state index in [-0.39, 0.29) is 16.9 Å². The number of rotatable bonds is 6. The first-order chi connectivity index (χ1) is 12.8.